The maximum Gasteiger partial charge on any atom is 0.382 e. The van der Waals surface area contributed by atoms with E-state index in [0.717, 1.165) is 0 Å². The summed E-state index contributed by atoms with van der Waals surface area (Å²) >= 11 is 1.76. The lowest BCUT2D eigenvalue weighted by Gasteiger charge is -2.46. The Morgan fingerprint density at radius 2 is 0.913 bits per heavy atom. The SMILES string of the molecule is C[Si](C)(C)OC1(O[Si](C)(C)C)C(F)(F)C(F)(F)C(F)(F)C1(F)Br. The van der Waals surface area contributed by atoms with E-state index in [1.807, 2.05) is 0 Å². The molecule has 2 nitrogen and oxygen atoms in total. The van der Waals surface area contributed by atoms with E-state index >= 15 is 0 Å². The van der Waals surface area contributed by atoms with Gasteiger partial charge in [-0.1, -0.05) is 0 Å². The van der Waals surface area contributed by atoms with Gasteiger partial charge in [0.25, 0.3) is 10.4 Å². The minimum Gasteiger partial charge on any atom is -0.384 e. The highest BCUT2D eigenvalue weighted by atomic mass is 79.9. The summed E-state index contributed by atoms with van der Waals surface area (Å²) in [6.07, 6.45) is 0. The monoisotopic (exact) mass is 450 g/mol. The number of rotatable bonds is 4. The Kier molecular flexibility index (Phi) is 4.81. The number of hydrogen-bond acceptors (Lipinski definition) is 2. The molecule has 0 heterocycles. The molecule has 1 saturated carbocycles. The quantitative estimate of drug-likeness (QED) is 0.248. The molecule has 12 heteroatoms. The van der Waals surface area contributed by atoms with Gasteiger partial charge in [-0.2, -0.15) is 26.3 Å². The van der Waals surface area contributed by atoms with E-state index in [4.69, 9.17) is 8.85 Å². The summed E-state index contributed by atoms with van der Waals surface area (Å²) < 4.78 is 104. The molecule has 1 atom stereocenters. The van der Waals surface area contributed by atoms with E-state index in [1.54, 1.807) is 15.9 Å². The zero-order valence-corrected chi connectivity index (χ0v) is 16.9. The van der Waals surface area contributed by atoms with Crippen molar-refractivity contribution < 1.29 is 39.6 Å². The second-order valence-electron chi connectivity index (χ2n) is 7.34. The zero-order valence-electron chi connectivity index (χ0n) is 13.3. The Bertz CT molecular complexity index is 442. The summed E-state index contributed by atoms with van der Waals surface area (Å²) in [5.74, 6) is -21.5. The summed E-state index contributed by atoms with van der Waals surface area (Å²) in [7, 11) is -6.43. The van der Waals surface area contributed by atoms with Gasteiger partial charge in [-0.15, -0.1) is 0 Å². The van der Waals surface area contributed by atoms with E-state index < -0.39 is 44.8 Å². The highest BCUT2D eigenvalue weighted by Crippen LogP contribution is 2.71. The van der Waals surface area contributed by atoms with Crippen molar-refractivity contribution in [3.8, 4) is 0 Å². The zero-order chi connectivity index (χ0) is 18.9. The number of halogens is 8. The molecule has 0 aromatic carbocycles. The van der Waals surface area contributed by atoms with Gasteiger partial charge in [0.2, 0.25) is 0 Å². The molecule has 0 spiro atoms. The highest BCUT2D eigenvalue weighted by molar-refractivity contribution is 9.10. The van der Waals surface area contributed by atoms with Crippen molar-refractivity contribution in [3.63, 3.8) is 0 Å². The van der Waals surface area contributed by atoms with Crippen molar-refractivity contribution >= 4 is 32.6 Å². The Morgan fingerprint density at radius 3 is 1.09 bits per heavy atom. The number of hydrogen-bond donors (Lipinski definition) is 0. The summed E-state index contributed by atoms with van der Waals surface area (Å²) in [4.78, 5) is 0. The molecule has 1 unspecified atom stereocenters. The van der Waals surface area contributed by atoms with Crippen LogP contribution in [-0.4, -0.2) is 44.8 Å². The van der Waals surface area contributed by atoms with Gasteiger partial charge in [-0.3, -0.25) is 0 Å². The van der Waals surface area contributed by atoms with Crippen molar-refractivity contribution in [1.82, 2.24) is 0 Å². The maximum absolute atomic E-state index is 14.8. The van der Waals surface area contributed by atoms with Crippen LogP contribution in [0.2, 0.25) is 39.3 Å². The Labute approximate surface area is 140 Å². The van der Waals surface area contributed by atoms with Crippen molar-refractivity contribution in [2.75, 3.05) is 0 Å². The third-order valence-corrected chi connectivity index (χ3v) is 5.73. The topological polar surface area (TPSA) is 18.5 Å². The minimum absolute atomic E-state index is 1.27. The van der Waals surface area contributed by atoms with Crippen LogP contribution in [0.5, 0.6) is 0 Å². The molecule has 1 fully saturated rings. The summed E-state index contributed by atoms with van der Waals surface area (Å²) in [5, 5.41) is 0. The first kappa shape index (κ1) is 21.4. The molecule has 138 valence electrons. The summed E-state index contributed by atoms with van der Waals surface area (Å²) in [5.41, 5.74) is 0. The van der Waals surface area contributed by atoms with Crippen LogP contribution in [0.1, 0.15) is 0 Å². The van der Waals surface area contributed by atoms with Crippen LogP contribution in [0.25, 0.3) is 0 Å². The van der Waals surface area contributed by atoms with Crippen molar-refractivity contribution in [2.45, 2.75) is 67.4 Å². The largest absolute Gasteiger partial charge is 0.384 e. The fourth-order valence-electron chi connectivity index (χ4n) is 2.14. The van der Waals surface area contributed by atoms with Crippen molar-refractivity contribution in [3.05, 3.63) is 0 Å². The van der Waals surface area contributed by atoms with Gasteiger partial charge in [0.05, 0.1) is 0 Å². The Hall–Kier alpha value is 0.344. The van der Waals surface area contributed by atoms with E-state index in [9.17, 15) is 30.7 Å². The molecule has 0 aromatic heterocycles. The smallest absolute Gasteiger partial charge is 0.382 e. The lowest BCUT2D eigenvalue weighted by molar-refractivity contribution is -0.329. The van der Waals surface area contributed by atoms with Crippen molar-refractivity contribution in [1.29, 1.82) is 0 Å². The predicted octanol–water partition coefficient (Wildman–Crippen LogP) is 5.37. The van der Waals surface area contributed by atoms with Gasteiger partial charge < -0.3 is 8.85 Å². The molecule has 0 aromatic rings. The van der Waals surface area contributed by atoms with E-state index in [1.165, 1.54) is 39.3 Å². The first-order valence-electron chi connectivity index (χ1n) is 6.58. The second-order valence-corrected chi connectivity index (χ2v) is 17.3. The standard InChI is InChI=1S/C11H18BrF7O2Si2/c1-22(2,3)20-11(21-23(4,5)6)7(12,13)8(14,15)9(16,17)10(11,18)19/h1-6H3. The molecule has 0 N–H and O–H groups in total. The van der Waals surface area contributed by atoms with Gasteiger partial charge in [0.1, 0.15) is 0 Å². The lowest BCUT2D eigenvalue weighted by atomic mass is 10.1. The first-order chi connectivity index (χ1) is 9.66. The molecule has 0 bridgehead atoms. The summed E-state index contributed by atoms with van der Waals surface area (Å²) in [6.45, 7) is 7.64. The third kappa shape index (κ3) is 2.81. The second kappa shape index (κ2) is 5.18. The van der Waals surface area contributed by atoms with Crippen LogP contribution in [0.3, 0.4) is 0 Å². The Morgan fingerprint density at radius 1 is 0.609 bits per heavy atom. The molecule has 0 saturated heterocycles. The van der Waals surface area contributed by atoms with Crippen LogP contribution in [0.4, 0.5) is 30.7 Å². The van der Waals surface area contributed by atoms with Crippen molar-refractivity contribution in [2.24, 2.45) is 0 Å². The molecule has 23 heavy (non-hydrogen) atoms. The van der Waals surface area contributed by atoms with Crippen LogP contribution < -0.4 is 0 Å². The average Bonchev–Trinajstić information content (AvgIpc) is 2.25. The van der Waals surface area contributed by atoms with E-state index in [0.29, 0.717) is 0 Å². The van der Waals surface area contributed by atoms with Gasteiger partial charge in [0.15, 0.2) is 16.6 Å². The highest BCUT2D eigenvalue weighted by Gasteiger charge is 2.99. The predicted molar refractivity (Wildman–Crippen MR) is 79.2 cm³/mol. The van der Waals surface area contributed by atoms with E-state index in [-0.39, 0.29) is 0 Å². The molecular formula is C11H18BrF7O2Si2. The fraction of sp³-hybridized carbons (Fsp3) is 1.00. The molecule has 1 rings (SSSR count). The molecule has 0 radical (unpaired) electrons. The van der Waals surface area contributed by atoms with Crippen LogP contribution in [-0.2, 0) is 8.85 Å². The Balaban J connectivity index is 3.78. The molecular weight excluding hydrogens is 433 g/mol. The van der Waals surface area contributed by atoms with Gasteiger partial charge in [-0.25, -0.2) is 4.39 Å². The van der Waals surface area contributed by atoms with Gasteiger partial charge >= 0.3 is 17.8 Å². The average molecular weight is 451 g/mol. The van der Waals surface area contributed by atoms with Gasteiger partial charge in [-0.05, 0) is 55.2 Å². The fourth-order valence-corrected chi connectivity index (χ4v) is 5.53. The normalized spacial score (nSPS) is 32.1. The molecule has 1 aliphatic carbocycles. The van der Waals surface area contributed by atoms with Gasteiger partial charge in [0, 0.05) is 0 Å². The van der Waals surface area contributed by atoms with Crippen LogP contribution >= 0.6 is 15.9 Å². The van der Waals surface area contributed by atoms with E-state index in [2.05, 4.69) is 0 Å². The molecule has 1 aliphatic rings. The lowest BCUT2D eigenvalue weighted by Crippen LogP contribution is -2.67. The minimum atomic E-state index is -6.00. The van der Waals surface area contributed by atoms with Crippen LogP contribution in [0, 0.1) is 0 Å². The first-order valence-corrected chi connectivity index (χ1v) is 14.2. The van der Waals surface area contributed by atoms with Crippen LogP contribution in [0.15, 0.2) is 0 Å². The third-order valence-electron chi connectivity index (χ3n) is 2.91. The number of alkyl halides is 8. The summed E-state index contributed by atoms with van der Waals surface area (Å²) in [6, 6.07) is 0. The molecule has 0 amide bonds. The molecule has 0 aliphatic heterocycles. The maximum atomic E-state index is 14.8.